The molecule has 0 spiro atoms. The van der Waals surface area contributed by atoms with Gasteiger partial charge >= 0.3 is 5.97 Å². The summed E-state index contributed by atoms with van der Waals surface area (Å²) in [5.74, 6) is -0.980. The van der Waals surface area contributed by atoms with Gasteiger partial charge in [0, 0.05) is 17.1 Å². The van der Waals surface area contributed by atoms with E-state index in [9.17, 15) is 9.18 Å². The van der Waals surface area contributed by atoms with E-state index in [-0.39, 0.29) is 17.6 Å². The first-order chi connectivity index (χ1) is 12.1. The van der Waals surface area contributed by atoms with Gasteiger partial charge in [0.2, 0.25) is 0 Å². The van der Waals surface area contributed by atoms with Crippen LogP contribution in [-0.4, -0.2) is 40.6 Å². The standard InChI is InChI=1S/C18H19ClFN3O2/c19-12-5-3-6-13(20)17(12)15(23-9-1-2-10-23)11-21-16-8-4-7-14(22-16)18(24)25/h3-8,15H,1-2,9-11H2,(H,21,22)(H,24,25). The Morgan fingerprint density at radius 2 is 2.00 bits per heavy atom. The largest absolute Gasteiger partial charge is 0.477 e. The number of benzene rings is 1. The number of anilines is 1. The van der Waals surface area contributed by atoms with Gasteiger partial charge in [0.15, 0.2) is 5.69 Å². The van der Waals surface area contributed by atoms with Crippen LogP contribution in [0.15, 0.2) is 36.4 Å². The second-order valence-electron chi connectivity index (χ2n) is 5.99. The molecule has 7 heteroatoms. The molecule has 2 heterocycles. The fraction of sp³-hybridized carbons (Fsp3) is 0.333. The van der Waals surface area contributed by atoms with E-state index in [1.807, 2.05) is 0 Å². The molecule has 5 nitrogen and oxygen atoms in total. The SMILES string of the molecule is O=C(O)c1cccc(NCC(c2c(F)cccc2Cl)N2CCCC2)n1. The minimum atomic E-state index is -1.09. The molecule has 0 bridgehead atoms. The Morgan fingerprint density at radius 3 is 2.68 bits per heavy atom. The average molecular weight is 364 g/mol. The molecule has 2 N–H and O–H groups in total. The zero-order chi connectivity index (χ0) is 17.8. The van der Waals surface area contributed by atoms with Crippen LogP contribution in [0, 0.1) is 5.82 Å². The third kappa shape index (κ3) is 4.08. The van der Waals surface area contributed by atoms with E-state index >= 15 is 0 Å². The maximum Gasteiger partial charge on any atom is 0.354 e. The van der Waals surface area contributed by atoms with E-state index in [0.717, 1.165) is 25.9 Å². The molecular formula is C18H19ClFN3O2. The lowest BCUT2D eigenvalue weighted by Gasteiger charge is -2.29. The zero-order valence-corrected chi connectivity index (χ0v) is 14.3. The monoisotopic (exact) mass is 363 g/mol. The van der Waals surface area contributed by atoms with Gasteiger partial charge in [-0.2, -0.15) is 0 Å². The molecule has 0 aliphatic carbocycles. The number of aromatic nitrogens is 1. The smallest absolute Gasteiger partial charge is 0.354 e. The van der Waals surface area contributed by atoms with Crippen molar-refractivity contribution in [2.75, 3.05) is 25.0 Å². The average Bonchev–Trinajstić information content (AvgIpc) is 3.12. The maximum atomic E-state index is 14.4. The fourth-order valence-corrected chi connectivity index (χ4v) is 3.44. The van der Waals surface area contributed by atoms with E-state index in [1.54, 1.807) is 24.3 Å². The van der Waals surface area contributed by atoms with Gasteiger partial charge in [0.05, 0.1) is 6.04 Å². The van der Waals surface area contributed by atoms with Crippen LogP contribution >= 0.6 is 11.6 Å². The van der Waals surface area contributed by atoms with Crippen LogP contribution in [0.5, 0.6) is 0 Å². The molecule has 0 amide bonds. The molecule has 0 saturated carbocycles. The summed E-state index contributed by atoms with van der Waals surface area (Å²) in [5.41, 5.74) is 0.430. The van der Waals surface area contributed by atoms with Crippen LogP contribution in [0.1, 0.15) is 34.9 Å². The van der Waals surface area contributed by atoms with E-state index in [4.69, 9.17) is 16.7 Å². The maximum absolute atomic E-state index is 14.4. The van der Waals surface area contributed by atoms with Gasteiger partial charge in [-0.25, -0.2) is 14.2 Å². The molecule has 3 rings (SSSR count). The molecule has 1 aromatic heterocycles. The predicted octanol–water partition coefficient (Wildman–Crippen LogP) is 3.82. The fourth-order valence-electron chi connectivity index (χ4n) is 3.15. The van der Waals surface area contributed by atoms with Crippen molar-refractivity contribution in [3.63, 3.8) is 0 Å². The number of nitrogens with zero attached hydrogens (tertiary/aromatic N) is 2. The van der Waals surface area contributed by atoms with Gasteiger partial charge in [-0.1, -0.05) is 23.7 Å². The first-order valence-electron chi connectivity index (χ1n) is 8.18. The zero-order valence-electron chi connectivity index (χ0n) is 13.6. The molecule has 1 aromatic carbocycles. The Kier molecular flexibility index (Phi) is 5.50. The molecule has 25 heavy (non-hydrogen) atoms. The van der Waals surface area contributed by atoms with Gasteiger partial charge in [-0.3, -0.25) is 4.90 Å². The van der Waals surface area contributed by atoms with Gasteiger partial charge in [0.1, 0.15) is 11.6 Å². The number of carbonyl (C=O) groups is 1. The lowest BCUT2D eigenvalue weighted by atomic mass is 10.0. The van der Waals surface area contributed by atoms with Gasteiger partial charge in [0.25, 0.3) is 0 Å². The highest BCUT2D eigenvalue weighted by Crippen LogP contribution is 2.32. The van der Waals surface area contributed by atoms with Gasteiger partial charge in [-0.05, 0) is 50.2 Å². The summed E-state index contributed by atoms with van der Waals surface area (Å²) in [6.45, 7) is 2.13. The van der Waals surface area contributed by atoms with Crippen molar-refractivity contribution in [2.24, 2.45) is 0 Å². The molecule has 0 radical (unpaired) electrons. The van der Waals surface area contributed by atoms with Crippen LogP contribution in [0.4, 0.5) is 10.2 Å². The number of carboxylic acid groups (broad SMARTS) is 1. The number of nitrogens with one attached hydrogen (secondary N) is 1. The second-order valence-corrected chi connectivity index (χ2v) is 6.40. The first kappa shape index (κ1) is 17.6. The van der Waals surface area contributed by atoms with E-state index in [1.165, 1.54) is 12.1 Å². The Bertz CT molecular complexity index is 745. The predicted molar refractivity (Wildman–Crippen MR) is 94.6 cm³/mol. The number of hydrogen-bond acceptors (Lipinski definition) is 4. The van der Waals surface area contributed by atoms with Crippen molar-refractivity contribution in [1.82, 2.24) is 9.88 Å². The molecule has 2 aromatic rings. The van der Waals surface area contributed by atoms with Gasteiger partial charge in [-0.15, -0.1) is 0 Å². The highest BCUT2D eigenvalue weighted by molar-refractivity contribution is 6.31. The minimum absolute atomic E-state index is 0.0355. The molecule has 1 fully saturated rings. The molecule has 132 valence electrons. The second kappa shape index (κ2) is 7.80. The van der Waals surface area contributed by atoms with E-state index in [0.29, 0.717) is 22.9 Å². The van der Waals surface area contributed by atoms with Crippen LogP contribution in [0.25, 0.3) is 0 Å². The Hall–Kier alpha value is -2.18. The minimum Gasteiger partial charge on any atom is -0.477 e. The highest BCUT2D eigenvalue weighted by Gasteiger charge is 2.27. The summed E-state index contributed by atoms with van der Waals surface area (Å²) in [7, 11) is 0. The molecular weight excluding hydrogens is 345 g/mol. The first-order valence-corrected chi connectivity index (χ1v) is 8.56. The van der Waals surface area contributed by atoms with Crippen LogP contribution in [-0.2, 0) is 0 Å². The van der Waals surface area contributed by atoms with Crippen molar-refractivity contribution >= 4 is 23.4 Å². The van der Waals surface area contributed by atoms with Crippen molar-refractivity contribution in [1.29, 1.82) is 0 Å². The van der Waals surface area contributed by atoms with Crippen LogP contribution < -0.4 is 5.32 Å². The topological polar surface area (TPSA) is 65.5 Å². The Labute approximate surface area is 150 Å². The van der Waals surface area contributed by atoms with Crippen molar-refractivity contribution in [2.45, 2.75) is 18.9 Å². The summed E-state index contributed by atoms with van der Waals surface area (Å²) in [6.07, 6.45) is 2.13. The molecule has 1 aliphatic heterocycles. The number of likely N-dealkylation sites (tertiary alicyclic amines) is 1. The summed E-state index contributed by atoms with van der Waals surface area (Å²) < 4.78 is 14.4. The number of carboxylic acids is 1. The third-order valence-electron chi connectivity index (χ3n) is 4.36. The third-order valence-corrected chi connectivity index (χ3v) is 4.69. The number of rotatable bonds is 6. The quantitative estimate of drug-likeness (QED) is 0.816. The summed E-state index contributed by atoms with van der Waals surface area (Å²) >= 11 is 6.26. The number of aromatic carboxylic acids is 1. The molecule has 1 aliphatic rings. The molecule has 1 unspecified atom stereocenters. The summed E-state index contributed by atoms with van der Waals surface area (Å²) in [6, 6.07) is 9.19. The Morgan fingerprint density at radius 1 is 1.28 bits per heavy atom. The summed E-state index contributed by atoms with van der Waals surface area (Å²) in [5, 5.41) is 12.6. The van der Waals surface area contributed by atoms with Crippen LogP contribution in [0.3, 0.4) is 0 Å². The lowest BCUT2D eigenvalue weighted by molar-refractivity contribution is 0.0690. The lowest BCUT2D eigenvalue weighted by Crippen LogP contribution is -2.32. The van der Waals surface area contributed by atoms with E-state index in [2.05, 4.69) is 15.2 Å². The number of hydrogen-bond donors (Lipinski definition) is 2. The van der Waals surface area contributed by atoms with Crippen molar-refractivity contribution in [3.8, 4) is 0 Å². The van der Waals surface area contributed by atoms with Gasteiger partial charge < -0.3 is 10.4 Å². The van der Waals surface area contributed by atoms with Crippen LogP contribution in [0.2, 0.25) is 5.02 Å². The number of halogens is 2. The van der Waals surface area contributed by atoms with E-state index < -0.39 is 5.97 Å². The normalized spacial score (nSPS) is 15.9. The molecule has 1 atom stereocenters. The summed E-state index contributed by atoms with van der Waals surface area (Å²) in [4.78, 5) is 17.3. The Balaban J connectivity index is 1.83. The highest BCUT2D eigenvalue weighted by atomic mass is 35.5. The molecule has 1 saturated heterocycles. The number of pyridine rings is 1. The van der Waals surface area contributed by atoms with Crippen molar-refractivity contribution < 1.29 is 14.3 Å². The van der Waals surface area contributed by atoms with Crippen molar-refractivity contribution in [3.05, 3.63) is 58.5 Å².